The van der Waals surface area contributed by atoms with Gasteiger partial charge in [-0.15, -0.1) is 0 Å². The van der Waals surface area contributed by atoms with Crippen LogP contribution < -0.4 is 5.32 Å². The van der Waals surface area contributed by atoms with Gasteiger partial charge in [0.05, 0.1) is 18.8 Å². The smallest absolute Gasteiger partial charge is 0.248 e. The number of hydrogen-bond donors (Lipinski definition) is 1. The molecule has 5 heteroatoms. The highest BCUT2D eigenvalue weighted by atomic mass is 16.5. The molecule has 1 aliphatic heterocycles. The number of carbonyl (C=O) groups excluding carboxylic acids is 1. The van der Waals surface area contributed by atoms with E-state index in [9.17, 15) is 4.79 Å². The average Bonchev–Trinajstić information content (AvgIpc) is 2.30. The van der Waals surface area contributed by atoms with E-state index in [1.165, 1.54) is 0 Å². The molecule has 5 nitrogen and oxygen atoms in total. The summed E-state index contributed by atoms with van der Waals surface area (Å²) in [6, 6.07) is 0. The molecule has 1 heterocycles. The standard InChI is InChI=1S/C12H24N2O3/c1-4-14(5-2)12(15)9-16-8-11-7-13-6-10(3)17-11/h10-11,13H,4-9H2,1-3H3. The molecule has 17 heavy (non-hydrogen) atoms. The van der Waals surface area contributed by atoms with Crippen molar-refractivity contribution in [2.75, 3.05) is 39.4 Å². The van der Waals surface area contributed by atoms with Crippen molar-refractivity contribution in [3.8, 4) is 0 Å². The van der Waals surface area contributed by atoms with Crippen LogP contribution in [0.5, 0.6) is 0 Å². The zero-order valence-corrected chi connectivity index (χ0v) is 11.1. The van der Waals surface area contributed by atoms with Crippen LogP contribution in [0.3, 0.4) is 0 Å². The highest BCUT2D eigenvalue weighted by Gasteiger charge is 2.19. The molecule has 0 bridgehead atoms. The Morgan fingerprint density at radius 2 is 2.12 bits per heavy atom. The quantitative estimate of drug-likeness (QED) is 0.727. The molecule has 1 N–H and O–H groups in total. The van der Waals surface area contributed by atoms with Gasteiger partial charge in [-0.3, -0.25) is 4.79 Å². The highest BCUT2D eigenvalue weighted by molar-refractivity contribution is 5.77. The van der Waals surface area contributed by atoms with Gasteiger partial charge in [-0.05, 0) is 20.8 Å². The van der Waals surface area contributed by atoms with Crippen molar-refractivity contribution in [2.45, 2.75) is 33.0 Å². The molecule has 0 aliphatic carbocycles. The summed E-state index contributed by atoms with van der Waals surface area (Å²) in [5.74, 6) is 0.0480. The van der Waals surface area contributed by atoms with Crippen molar-refractivity contribution in [3.05, 3.63) is 0 Å². The summed E-state index contributed by atoms with van der Waals surface area (Å²) < 4.78 is 11.1. The molecule has 0 radical (unpaired) electrons. The molecule has 0 saturated carbocycles. The van der Waals surface area contributed by atoms with Crippen LogP contribution in [0.25, 0.3) is 0 Å². The average molecular weight is 244 g/mol. The SMILES string of the molecule is CCN(CC)C(=O)COCC1CNCC(C)O1. The normalized spacial score (nSPS) is 24.6. The van der Waals surface area contributed by atoms with Crippen LogP contribution >= 0.6 is 0 Å². The van der Waals surface area contributed by atoms with Gasteiger partial charge in [-0.25, -0.2) is 0 Å². The number of morpholine rings is 1. The first-order valence-corrected chi connectivity index (χ1v) is 6.39. The lowest BCUT2D eigenvalue weighted by atomic mass is 10.2. The molecule has 0 spiro atoms. The van der Waals surface area contributed by atoms with E-state index < -0.39 is 0 Å². The lowest BCUT2D eigenvalue weighted by molar-refractivity contribution is -0.138. The Balaban J connectivity index is 2.16. The molecule has 1 rings (SSSR count). The Morgan fingerprint density at radius 3 is 2.71 bits per heavy atom. The lowest BCUT2D eigenvalue weighted by Gasteiger charge is -2.28. The Labute approximate surface area is 103 Å². The third-order valence-corrected chi connectivity index (χ3v) is 2.87. The number of nitrogens with zero attached hydrogens (tertiary/aromatic N) is 1. The second kappa shape index (κ2) is 7.63. The second-order valence-corrected chi connectivity index (χ2v) is 4.31. The van der Waals surface area contributed by atoms with Crippen LogP contribution in [0.2, 0.25) is 0 Å². The third-order valence-electron chi connectivity index (χ3n) is 2.87. The van der Waals surface area contributed by atoms with Gasteiger partial charge >= 0.3 is 0 Å². The lowest BCUT2D eigenvalue weighted by Crippen LogP contribution is -2.45. The Morgan fingerprint density at radius 1 is 1.41 bits per heavy atom. The van der Waals surface area contributed by atoms with E-state index >= 15 is 0 Å². The molecule has 1 amide bonds. The molecule has 2 unspecified atom stereocenters. The van der Waals surface area contributed by atoms with Crippen LogP contribution in [0.4, 0.5) is 0 Å². The van der Waals surface area contributed by atoms with E-state index in [-0.39, 0.29) is 24.7 Å². The van der Waals surface area contributed by atoms with Gasteiger partial charge in [0.15, 0.2) is 0 Å². The number of amides is 1. The first-order chi connectivity index (χ1) is 8.17. The Bertz CT molecular complexity index is 232. The fourth-order valence-corrected chi connectivity index (χ4v) is 1.92. The summed E-state index contributed by atoms with van der Waals surface area (Å²) in [5, 5.41) is 3.27. The minimum Gasteiger partial charge on any atom is -0.370 e. The molecular formula is C12H24N2O3. The molecule has 0 aromatic carbocycles. The minimum absolute atomic E-state index is 0.0480. The second-order valence-electron chi connectivity index (χ2n) is 4.31. The Hall–Kier alpha value is -0.650. The highest BCUT2D eigenvalue weighted by Crippen LogP contribution is 2.03. The first-order valence-electron chi connectivity index (χ1n) is 6.39. The summed E-state index contributed by atoms with van der Waals surface area (Å²) >= 11 is 0. The van der Waals surface area contributed by atoms with Crippen molar-refractivity contribution in [1.82, 2.24) is 10.2 Å². The van der Waals surface area contributed by atoms with Crippen molar-refractivity contribution >= 4 is 5.91 Å². The monoisotopic (exact) mass is 244 g/mol. The molecule has 0 aromatic heterocycles. The largest absolute Gasteiger partial charge is 0.370 e. The summed E-state index contributed by atoms with van der Waals surface area (Å²) in [4.78, 5) is 13.4. The van der Waals surface area contributed by atoms with Crippen LogP contribution in [0.1, 0.15) is 20.8 Å². The number of ether oxygens (including phenoxy) is 2. The molecule has 1 fully saturated rings. The van der Waals surface area contributed by atoms with E-state index in [0.717, 1.165) is 26.2 Å². The predicted molar refractivity (Wildman–Crippen MR) is 66.0 cm³/mol. The maximum atomic E-state index is 11.7. The van der Waals surface area contributed by atoms with Gasteiger partial charge in [0.25, 0.3) is 0 Å². The van der Waals surface area contributed by atoms with Crippen molar-refractivity contribution in [2.24, 2.45) is 0 Å². The predicted octanol–water partition coefficient (Wildman–Crippen LogP) is 0.248. The number of likely N-dealkylation sites (N-methyl/N-ethyl adjacent to an activating group) is 1. The zero-order chi connectivity index (χ0) is 12.7. The molecule has 2 atom stereocenters. The van der Waals surface area contributed by atoms with Crippen LogP contribution in [-0.4, -0.2) is 62.4 Å². The number of rotatable bonds is 6. The maximum absolute atomic E-state index is 11.7. The van der Waals surface area contributed by atoms with Crippen molar-refractivity contribution in [3.63, 3.8) is 0 Å². The van der Waals surface area contributed by atoms with Gasteiger partial charge in [-0.2, -0.15) is 0 Å². The molecule has 1 saturated heterocycles. The summed E-state index contributed by atoms with van der Waals surface area (Å²) in [6.45, 7) is 9.74. The number of nitrogens with one attached hydrogen (secondary N) is 1. The molecule has 100 valence electrons. The van der Waals surface area contributed by atoms with Gasteiger partial charge in [0.1, 0.15) is 6.61 Å². The minimum atomic E-state index is 0.0480. The first kappa shape index (κ1) is 14.4. The van der Waals surface area contributed by atoms with E-state index in [1.54, 1.807) is 4.90 Å². The Kier molecular flexibility index (Phi) is 6.47. The van der Waals surface area contributed by atoms with Crippen LogP contribution in [0.15, 0.2) is 0 Å². The van der Waals surface area contributed by atoms with Gasteiger partial charge in [-0.1, -0.05) is 0 Å². The van der Waals surface area contributed by atoms with E-state index in [0.29, 0.717) is 6.61 Å². The molecule has 1 aliphatic rings. The summed E-state index contributed by atoms with van der Waals surface area (Å²) in [5.41, 5.74) is 0. The zero-order valence-electron chi connectivity index (χ0n) is 11.1. The van der Waals surface area contributed by atoms with Gasteiger partial charge in [0.2, 0.25) is 5.91 Å². The van der Waals surface area contributed by atoms with Crippen molar-refractivity contribution < 1.29 is 14.3 Å². The van der Waals surface area contributed by atoms with E-state index in [4.69, 9.17) is 9.47 Å². The van der Waals surface area contributed by atoms with Gasteiger partial charge in [0, 0.05) is 26.2 Å². The molecular weight excluding hydrogens is 220 g/mol. The topological polar surface area (TPSA) is 50.8 Å². The van der Waals surface area contributed by atoms with Crippen LogP contribution in [-0.2, 0) is 14.3 Å². The third kappa shape index (κ3) is 5.02. The van der Waals surface area contributed by atoms with E-state index in [2.05, 4.69) is 5.32 Å². The maximum Gasteiger partial charge on any atom is 0.248 e. The van der Waals surface area contributed by atoms with Crippen molar-refractivity contribution in [1.29, 1.82) is 0 Å². The van der Waals surface area contributed by atoms with E-state index in [1.807, 2.05) is 20.8 Å². The van der Waals surface area contributed by atoms with Crippen LogP contribution in [0, 0.1) is 0 Å². The molecule has 0 aromatic rings. The fourth-order valence-electron chi connectivity index (χ4n) is 1.92. The van der Waals surface area contributed by atoms with Gasteiger partial charge < -0.3 is 19.7 Å². The summed E-state index contributed by atoms with van der Waals surface area (Å²) in [7, 11) is 0. The fraction of sp³-hybridized carbons (Fsp3) is 0.917. The number of carbonyl (C=O) groups is 1. The number of hydrogen-bond acceptors (Lipinski definition) is 4. The summed E-state index contributed by atoms with van der Waals surface area (Å²) in [6.07, 6.45) is 0.277.